The van der Waals surface area contributed by atoms with Crippen LogP contribution in [0.1, 0.15) is 25.8 Å². The summed E-state index contributed by atoms with van der Waals surface area (Å²) in [5.74, 6) is -0.0266. The maximum absolute atomic E-state index is 12.1. The van der Waals surface area contributed by atoms with E-state index in [9.17, 15) is 4.79 Å². The van der Waals surface area contributed by atoms with Crippen molar-refractivity contribution >= 4 is 11.6 Å². The summed E-state index contributed by atoms with van der Waals surface area (Å²) >= 11 is 0. The van der Waals surface area contributed by atoms with Gasteiger partial charge in [-0.2, -0.15) is 5.10 Å². The molecule has 1 aliphatic rings. The van der Waals surface area contributed by atoms with Crippen LogP contribution in [0.2, 0.25) is 0 Å². The highest BCUT2D eigenvalue weighted by Crippen LogP contribution is 2.17. The summed E-state index contributed by atoms with van der Waals surface area (Å²) in [5, 5.41) is 6.95. The Morgan fingerprint density at radius 2 is 2.12 bits per heavy atom. The maximum Gasteiger partial charge on any atom is 0.226 e. The predicted octanol–water partition coefficient (Wildman–Crippen LogP) is 1.92. The fourth-order valence-electron chi connectivity index (χ4n) is 3.21. The molecule has 0 aliphatic carbocycles. The van der Waals surface area contributed by atoms with Gasteiger partial charge in [0.15, 0.2) is 0 Å². The summed E-state index contributed by atoms with van der Waals surface area (Å²) in [6.45, 7) is 7.45. The molecule has 134 valence electrons. The van der Waals surface area contributed by atoms with Gasteiger partial charge in [-0.15, -0.1) is 0 Å². The lowest BCUT2D eigenvalue weighted by Gasteiger charge is -2.35. The van der Waals surface area contributed by atoms with Crippen LogP contribution in [0.25, 0.3) is 0 Å². The minimum Gasteiger partial charge on any atom is -0.373 e. The van der Waals surface area contributed by atoms with Crippen LogP contribution < -0.4 is 5.32 Å². The molecule has 3 rings (SSSR count). The van der Waals surface area contributed by atoms with Gasteiger partial charge in [-0.05, 0) is 31.5 Å². The second-order valence-corrected chi connectivity index (χ2v) is 6.61. The Morgan fingerprint density at radius 3 is 2.84 bits per heavy atom. The first-order chi connectivity index (χ1) is 12.1. The summed E-state index contributed by atoms with van der Waals surface area (Å²) in [6, 6.07) is 8.03. The van der Waals surface area contributed by atoms with E-state index in [2.05, 4.69) is 40.2 Å². The standard InChI is InChI=1S/C18H25N5O2/c1-14-9-22(10-15(2)25-14)11-16-4-3-5-17(8-16)21-18(24)6-7-23-13-19-12-20-23/h3-5,8,12-15H,6-7,9-11H2,1-2H3,(H,21,24)/t14-,15-/m0/s1. The quantitative estimate of drug-likeness (QED) is 0.867. The van der Waals surface area contributed by atoms with Crippen molar-refractivity contribution < 1.29 is 9.53 Å². The molecule has 2 aromatic rings. The number of aromatic nitrogens is 3. The van der Waals surface area contributed by atoms with Crippen LogP contribution in [0.4, 0.5) is 5.69 Å². The average molecular weight is 343 g/mol. The molecule has 1 aromatic carbocycles. The summed E-state index contributed by atoms with van der Waals surface area (Å²) in [7, 11) is 0. The van der Waals surface area contributed by atoms with Crippen molar-refractivity contribution in [1.82, 2.24) is 19.7 Å². The number of ether oxygens (including phenoxy) is 1. The third-order valence-corrected chi connectivity index (χ3v) is 4.15. The Labute approximate surface area is 148 Å². The molecule has 2 heterocycles. The smallest absolute Gasteiger partial charge is 0.226 e. The molecule has 1 fully saturated rings. The number of carbonyl (C=O) groups is 1. The van der Waals surface area contributed by atoms with E-state index in [4.69, 9.17) is 4.74 Å². The molecule has 1 saturated heterocycles. The van der Waals surface area contributed by atoms with E-state index in [0.717, 1.165) is 25.3 Å². The molecule has 1 amide bonds. The Kier molecular flexibility index (Phi) is 5.78. The Balaban J connectivity index is 1.53. The fourth-order valence-corrected chi connectivity index (χ4v) is 3.21. The minimum atomic E-state index is -0.0266. The van der Waals surface area contributed by atoms with E-state index >= 15 is 0 Å². The van der Waals surface area contributed by atoms with E-state index < -0.39 is 0 Å². The number of amides is 1. The normalized spacial score (nSPS) is 21.2. The number of carbonyl (C=O) groups excluding carboxylic acids is 1. The lowest BCUT2D eigenvalue weighted by molar-refractivity contribution is -0.116. The second kappa shape index (κ2) is 8.22. The number of hydrogen-bond acceptors (Lipinski definition) is 5. The number of anilines is 1. The van der Waals surface area contributed by atoms with Crippen molar-refractivity contribution in [3.8, 4) is 0 Å². The largest absolute Gasteiger partial charge is 0.373 e. The van der Waals surface area contributed by atoms with Crippen molar-refractivity contribution in [3.05, 3.63) is 42.5 Å². The highest BCUT2D eigenvalue weighted by Gasteiger charge is 2.22. The van der Waals surface area contributed by atoms with Crippen molar-refractivity contribution in [2.24, 2.45) is 0 Å². The van der Waals surface area contributed by atoms with Gasteiger partial charge in [-0.1, -0.05) is 12.1 Å². The zero-order chi connectivity index (χ0) is 17.6. The van der Waals surface area contributed by atoms with Crippen LogP contribution in [0.3, 0.4) is 0 Å². The van der Waals surface area contributed by atoms with Gasteiger partial charge >= 0.3 is 0 Å². The van der Waals surface area contributed by atoms with Crippen LogP contribution in [-0.4, -0.2) is 50.9 Å². The predicted molar refractivity (Wildman–Crippen MR) is 95.0 cm³/mol. The topological polar surface area (TPSA) is 72.3 Å². The average Bonchev–Trinajstić information content (AvgIpc) is 3.06. The van der Waals surface area contributed by atoms with Crippen LogP contribution in [0.5, 0.6) is 0 Å². The first-order valence-corrected chi connectivity index (χ1v) is 8.67. The zero-order valence-corrected chi connectivity index (χ0v) is 14.8. The molecular weight excluding hydrogens is 318 g/mol. The van der Waals surface area contributed by atoms with Crippen LogP contribution in [0, 0.1) is 0 Å². The maximum atomic E-state index is 12.1. The zero-order valence-electron chi connectivity index (χ0n) is 14.8. The van der Waals surface area contributed by atoms with E-state index in [1.54, 1.807) is 11.0 Å². The molecule has 25 heavy (non-hydrogen) atoms. The van der Waals surface area contributed by atoms with Gasteiger partial charge in [0.1, 0.15) is 12.7 Å². The molecule has 7 heteroatoms. The minimum absolute atomic E-state index is 0.0266. The van der Waals surface area contributed by atoms with Gasteiger partial charge < -0.3 is 10.1 Å². The van der Waals surface area contributed by atoms with Crippen LogP contribution in [-0.2, 0) is 22.6 Å². The molecule has 0 unspecified atom stereocenters. The molecule has 1 aliphatic heterocycles. The van der Waals surface area contributed by atoms with Gasteiger partial charge in [-0.3, -0.25) is 14.4 Å². The first kappa shape index (κ1) is 17.6. The molecule has 0 spiro atoms. The van der Waals surface area contributed by atoms with Gasteiger partial charge in [0, 0.05) is 31.7 Å². The molecule has 0 radical (unpaired) electrons. The van der Waals surface area contributed by atoms with Gasteiger partial charge in [0.2, 0.25) is 5.91 Å². The number of nitrogens with zero attached hydrogens (tertiary/aromatic N) is 4. The van der Waals surface area contributed by atoms with Crippen molar-refractivity contribution in [2.75, 3.05) is 18.4 Å². The van der Waals surface area contributed by atoms with Crippen molar-refractivity contribution in [1.29, 1.82) is 0 Å². The third kappa shape index (κ3) is 5.37. The summed E-state index contributed by atoms with van der Waals surface area (Å²) < 4.78 is 7.43. The molecular formula is C18H25N5O2. The Hall–Kier alpha value is -2.25. The van der Waals surface area contributed by atoms with Gasteiger partial charge in [0.25, 0.3) is 0 Å². The first-order valence-electron chi connectivity index (χ1n) is 8.67. The number of morpholine rings is 1. The summed E-state index contributed by atoms with van der Waals surface area (Å²) in [6.07, 6.45) is 3.95. The molecule has 2 atom stereocenters. The summed E-state index contributed by atoms with van der Waals surface area (Å²) in [4.78, 5) is 18.4. The number of rotatable bonds is 6. The van der Waals surface area contributed by atoms with Gasteiger partial charge in [0.05, 0.1) is 18.8 Å². The molecule has 1 N–H and O–H groups in total. The van der Waals surface area contributed by atoms with Crippen LogP contribution in [0.15, 0.2) is 36.9 Å². The molecule has 0 saturated carbocycles. The number of hydrogen-bond donors (Lipinski definition) is 1. The molecule has 7 nitrogen and oxygen atoms in total. The molecule has 1 aromatic heterocycles. The SMILES string of the molecule is C[C@H]1CN(Cc2cccc(NC(=O)CCn3cncn3)c2)C[C@H](C)O1. The van der Waals surface area contributed by atoms with E-state index in [-0.39, 0.29) is 18.1 Å². The lowest BCUT2D eigenvalue weighted by atomic mass is 10.1. The highest BCUT2D eigenvalue weighted by atomic mass is 16.5. The fraction of sp³-hybridized carbons (Fsp3) is 0.500. The summed E-state index contributed by atoms with van der Waals surface area (Å²) in [5.41, 5.74) is 2.02. The van der Waals surface area contributed by atoms with Gasteiger partial charge in [-0.25, -0.2) is 4.98 Å². The number of nitrogens with one attached hydrogen (secondary N) is 1. The number of benzene rings is 1. The van der Waals surface area contributed by atoms with Crippen molar-refractivity contribution in [2.45, 2.75) is 45.6 Å². The second-order valence-electron chi connectivity index (χ2n) is 6.61. The van der Waals surface area contributed by atoms with Crippen molar-refractivity contribution in [3.63, 3.8) is 0 Å². The third-order valence-electron chi connectivity index (χ3n) is 4.15. The Bertz CT molecular complexity index is 679. The van der Waals surface area contributed by atoms with E-state index in [1.807, 2.05) is 18.2 Å². The Morgan fingerprint density at radius 1 is 1.32 bits per heavy atom. The monoisotopic (exact) mass is 343 g/mol. The van der Waals surface area contributed by atoms with E-state index in [0.29, 0.717) is 13.0 Å². The van der Waals surface area contributed by atoms with Crippen LogP contribution >= 0.6 is 0 Å². The van der Waals surface area contributed by atoms with E-state index in [1.165, 1.54) is 11.9 Å². The highest BCUT2D eigenvalue weighted by molar-refractivity contribution is 5.90. The molecule has 0 bridgehead atoms. The lowest BCUT2D eigenvalue weighted by Crippen LogP contribution is -2.44. The number of aryl methyl sites for hydroxylation is 1.